The summed E-state index contributed by atoms with van der Waals surface area (Å²) in [6.07, 6.45) is -1.03. The molecule has 0 aromatic carbocycles. The van der Waals surface area contributed by atoms with Gasteiger partial charge in [-0.25, -0.2) is 4.79 Å². The molecule has 6 heteroatoms. The van der Waals surface area contributed by atoms with Gasteiger partial charge in [-0.05, 0) is 15.9 Å². The van der Waals surface area contributed by atoms with Crippen LogP contribution >= 0.6 is 15.9 Å². The fourth-order valence-electron chi connectivity index (χ4n) is 0.692. The smallest absolute Gasteiger partial charge is 0.412 e. The molecule has 5 nitrogen and oxygen atoms in total. The highest BCUT2D eigenvalue weighted by Crippen LogP contribution is 2.16. The second-order valence-corrected chi connectivity index (χ2v) is 3.10. The quantitative estimate of drug-likeness (QED) is 0.796. The van der Waals surface area contributed by atoms with Crippen LogP contribution in [0.4, 0.5) is 10.6 Å². The second kappa shape index (κ2) is 3.14. The summed E-state index contributed by atoms with van der Waals surface area (Å²) in [6.45, 7) is 0. The van der Waals surface area contributed by atoms with Crippen molar-refractivity contribution in [3.8, 4) is 0 Å². The zero-order valence-corrected chi connectivity index (χ0v) is 8.24. The lowest BCUT2D eigenvalue weighted by atomic mass is 10.6. The molecule has 1 amide bonds. The monoisotopic (exact) mass is 233 g/mol. The Morgan fingerprint density at radius 1 is 1.83 bits per heavy atom. The number of carboxylic acid groups (broad SMARTS) is 1. The molecule has 66 valence electrons. The molecular formula is C6H8BrN3O2. The van der Waals surface area contributed by atoms with Gasteiger partial charge < -0.3 is 5.11 Å². The van der Waals surface area contributed by atoms with E-state index in [1.54, 1.807) is 17.8 Å². The van der Waals surface area contributed by atoms with E-state index in [9.17, 15) is 4.79 Å². The van der Waals surface area contributed by atoms with Gasteiger partial charge in [0.05, 0.1) is 0 Å². The minimum atomic E-state index is -1.03. The van der Waals surface area contributed by atoms with Gasteiger partial charge in [-0.1, -0.05) is 0 Å². The van der Waals surface area contributed by atoms with E-state index >= 15 is 0 Å². The lowest BCUT2D eigenvalue weighted by molar-refractivity contribution is 0.203. The van der Waals surface area contributed by atoms with Crippen LogP contribution in [0.3, 0.4) is 0 Å². The predicted octanol–water partition coefficient (Wildman–Crippen LogP) is 1.30. The number of anilines is 1. The van der Waals surface area contributed by atoms with Gasteiger partial charge in [0.25, 0.3) is 0 Å². The van der Waals surface area contributed by atoms with Crippen molar-refractivity contribution in [1.82, 2.24) is 9.78 Å². The molecule has 0 aliphatic heterocycles. The summed E-state index contributed by atoms with van der Waals surface area (Å²) in [5, 5.41) is 12.5. The highest BCUT2D eigenvalue weighted by molar-refractivity contribution is 9.10. The van der Waals surface area contributed by atoms with Crippen molar-refractivity contribution in [2.75, 3.05) is 11.9 Å². The van der Waals surface area contributed by atoms with Gasteiger partial charge >= 0.3 is 6.09 Å². The van der Waals surface area contributed by atoms with Gasteiger partial charge in [0.1, 0.15) is 4.60 Å². The molecule has 1 heterocycles. The van der Waals surface area contributed by atoms with Crippen molar-refractivity contribution in [2.24, 2.45) is 7.05 Å². The molecule has 12 heavy (non-hydrogen) atoms. The van der Waals surface area contributed by atoms with Crippen LogP contribution in [0.5, 0.6) is 0 Å². The normalized spacial score (nSPS) is 9.92. The van der Waals surface area contributed by atoms with Gasteiger partial charge in [0.2, 0.25) is 0 Å². The number of carbonyl (C=O) groups is 1. The maximum absolute atomic E-state index is 10.5. The molecule has 0 aliphatic rings. The molecule has 1 aromatic heterocycles. The Hall–Kier alpha value is -1.04. The first-order valence-electron chi connectivity index (χ1n) is 3.18. The van der Waals surface area contributed by atoms with Gasteiger partial charge in [0, 0.05) is 20.2 Å². The summed E-state index contributed by atoms with van der Waals surface area (Å²) >= 11 is 3.21. The fraction of sp³-hybridized carbons (Fsp3) is 0.333. The molecule has 0 atom stereocenters. The number of rotatable bonds is 1. The summed E-state index contributed by atoms with van der Waals surface area (Å²) in [7, 11) is 3.17. The predicted molar refractivity (Wildman–Crippen MR) is 47.3 cm³/mol. The number of halogens is 1. The van der Waals surface area contributed by atoms with Gasteiger partial charge in [0.15, 0.2) is 5.82 Å². The second-order valence-electron chi connectivity index (χ2n) is 2.29. The minimum Gasteiger partial charge on any atom is -0.465 e. The largest absolute Gasteiger partial charge is 0.465 e. The van der Waals surface area contributed by atoms with E-state index in [4.69, 9.17) is 5.11 Å². The first-order valence-corrected chi connectivity index (χ1v) is 3.98. The average molecular weight is 234 g/mol. The maximum atomic E-state index is 10.5. The topological polar surface area (TPSA) is 58.4 Å². The van der Waals surface area contributed by atoms with Crippen LogP contribution < -0.4 is 4.90 Å². The summed E-state index contributed by atoms with van der Waals surface area (Å²) in [4.78, 5) is 11.5. The maximum Gasteiger partial charge on any atom is 0.412 e. The van der Waals surface area contributed by atoms with Crippen molar-refractivity contribution in [3.05, 3.63) is 10.7 Å². The number of nitrogens with zero attached hydrogens (tertiary/aromatic N) is 3. The molecule has 1 N–H and O–H groups in total. The molecule has 0 aliphatic carbocycles. The van der Waals surface area contributed by atoms with Gasteiger partial charge in [-0.15, -0.1) is 0 Å². The highest BCUT2D eigenvalue weighted by atomic mass is 79.9. The SMILES string of the molecule is CN(C(=O)O)c1cc(Br)n(C)n1. The Bertz CT molecular complexity index is 290. The van der Waals surface area contributed by atoms with E-state index in [2.05, 4.69) is 21.0 Å². The van der Waals surface area contributed by atoms with Crippen molar-refractivity contribution in [1.29, 1.82) is 0 Å². The Kier molecular flexibility index (Phi) is 2.37. The number of hydrogen-bond donors (Lipinski definition) is 1. The Morgan fingerprint density at radius 3 is 2.75 bits per heavy atom. The zero-order valence-electron chi connectivity index (χ0n) is 6.65. The molecule has 0 radical (unpaired) electrons. The van der Waals surface area contributed by atoms with Gasteiger partial charge in [-0.2, -0.15) is 5.10 Å². The average Bonchev–Trinajstić information content (AvgIpc) is 2.30. The third-order valence-corrected chi connectivity index (χ3v) is 2.18. The summed E-state index contributed by atoms with van der Waals surface area (Å²) in [5.74, 6) is 0.400. The van der Waals surface area contributed by atoms with E-state index < -0.39 is 6.09 Å². The molecule has 0 saturated carbocycles. The van der Waals surface area contributed by atoms with Gasteiger partial charge in [-0.3, -0.25) is 9.58 Å². The van der Waals surface area contributed by atoms with Crippen molar-refractivity contribution >= 4 is 27.8 Å². The van der Waals surface area contributed by atoms with Crippen molar-refractivity contribution in [2.45, 2.75) is 0 Å². The van der Waals surface area contributed by atoms with E-state index in [0.29, 0.717) is 5.82 Å². The molecule has 1 rings (SSSR count). The highest BCUT2D eigenvalue weighted by Gasteiger charge is 2.12. The summed E-state index contributed by atoms with van der Waals surface area (Å²) in [6, 6.07) is 1.63. The van der Waals surface area contributed by atoms with E-state index in [-0.39, 0.29) is 0 Å². The molecule has 0 fully saturated rings. The van der Waals surface area contributed by atoms with E-state index in [0.717, 1.165) is 9.50 Å². The lowest BCUT2D eigenvalue weighted by Gasteiger charge is -2.07. The van der Waals surface area contributed by atoms with Crippen molar-refractivity contribution in [3.63, 3.8) is 0 Å². The molecule has 1 aromatic rings. The van der Waals surface area contributed by atoms with E-state index in [1.165, 1.54) is 7.05 Å². The third-order valence-electron chi connectivity index (χ3n) is 1.44. The lowest BCUT2D eigenvalue weighted by Crippen LogP contribution is -2.24. The van der Waals surface area contributed by atoms with Crippen LogP contribution in [0.2, 0.25) is 0 Å². The number of amides is 1. The van der Waals surface area contributed by atoms with Crippen LogP contribution in [0.1, 0.15) is 0 Å². The fourth-order valence-corrected chi connectivity index (χ4v) is 0.976. The van der Waals surface area contributed by atoms with Crippen molar-refractivity contribution < 1.29 is 9.90 Å². The molecule has 0 bridgehead atoms. The Morgan fingerprint density at radius 2 is 2.42 bits per heavy atom. The van der Waals surface area contributed by atoms with Crippen LogP contribution in [0.25, 0.3) is 0 Å². The standard InChI is InChI=1S/C6H8BrN3O2/c1-9(6(11)12)5-3-4(7)10(2)8-5/h3H,1-2H3,(H,11,12). The van der Waals surface area contributed by atoms with E-state index in [1.807, 2.05) is 0 Å². The van der Waals surface area contributed by atoms with Crippen LogP contribution in [0.15, 0.2) is 10.7 Å². The summed E-state index contributed by atoms with van der Waals surface area (Å²) < 4.78 is 2.29. The number of hydrogen-bond acceptors (Lipinski definition) is 2. The molecule has 0 spiro atoms. The molecular weight excluding hydrogens is 226 g/mol. The van der Waals surface area contributed by atoms with Crippen LogP contribution in [0, 0.1) is 0 Å². The first-order chi connectivity index (χ1) is 5.52. The first kappa shape index (κ1) is 9.05. The molecule has 0 unspecified atom stereocenters. The Labute approximate surface area is 77.7 Å². The Balaban J connectivity index is 2.96. The number of aromatic nitrogens is 2. The van der Waals surface area contributed by atoms with Crippen LogP contribution in [-0.4, -0.2) is 28.0 Å². The number of aryl methyl sites for hydroxylation is 1. The van der Waals surface area contributed by atoms with Crippen LogP contribution in [-0.2, 0) is 7.05 Å². The minimum absolute atomic E-state index is 0.400. The molecule has 0 saturated heterocycles. The third kappa shape index (κ3) is 1.58. The summed E-state index contributed by atoms with van der Waals surface area (Å²) in [5.41, 5.74) is 0. The zero-order chi connectivity index (χ0) is 9.30.